The van der Waals surface area contributed by atoms with Crippen LogP contribution in [0.5, 0.6) is 0 Å². The Balaban J connectivity index is 1.67. The second-order valence-corrected chi connectivity index (χ2v) is 9.64. The van der Waals surface area contributed by atoms with Crippen LogP contribution in [0.3, 0.4) is 0 Å². The molecule has 2 aromatic carbocycles. The molecule has 1 unspecified atom stereocenters. The maximum atomic E-state index is 12.9. The number of benzene rings is 2. The van der Waals surface area contributed by atoms with Crippen molar-refractivity contribution < 1.29 is 22.4 Å². The van der Waals surface area contributed by atoms with E-state index in [4.69, 9.17) is 0 Å². The zero-order valence-electron chi connectivity index (χ0n) is 15.1. The molecule has 148 valence electrons. The summed E-state index contributed by atoms with van der Waals surface area (Å²) in [7, 11) is -3.67. The van der Waals surface area contributed by atoms with E-state index in [1.54, 1.807) is 6.07 Å². The van der Waals surface area contributed by atoms with Crippen molar-refractivity contribution in [2.24, 2.45) is 0 Å². The lowest BCUT2D eigenvalue weighted by Crippen LogP contribution is -2.28. The van der Waals surface area contributed by atoms with Crippen LogP contribution >= 0.6 is 11.8 Å². The number of anilines is 2. The Hall–Kier alpha value is -2.39. The van der Waals surface area contributed by atoms with Gasteiger partial charge in [-0.3, -0.25) is 9.59 Å². The summed E-state index contributed by atoms with van der Waals surface area (Å²) in [5.41, 5.74) is 0.989. The van der Waals surface area contributed by atoms with Crippen LogP contribution in [0.2, 0.25) is 0 Å². The van der Waals surface area contributed by atoms with Crippen LogP contribution in [0.4, 0.5) is 15.8 Å². The number of nitrogens with one attached hydrogen (secondary N) is 2. The van der Waals surface area contributed by atoms with E-state index < -0.39 is 21.6 Å². The quantitative estimate of drug-likeness (QED) is 0.744. The van der Waals surface area contributed by atoms with E-state index in [1.807, 2.05) is 6.92 Å². The minimum atomic E-state index is -3.67. The van der Waals surface area contributed by atoms with Gasteiger partial charge in [0, 0.05) is 17.0 Å². The lowest BCUT2D eigenvalue weighted by molar-refractivity contribution is -0.116. The number of amides is 2. The number of thioether (sulfide) groups is 1. The summed E-state index contributed by atoms with van der Waals surface area (Å²) >= 11 is 1.34. The smallest absolute Gasteiger partial charge is 0.237 e. The second kappa shape index (κ2) is 8.32. The Morgan fingerprint density at radius 3 is 2.61 bits per heavy atom. The van der Waals surface area contributed by atoms with Crippen molar-refractivity contribution in [3.63, 3.8) is 0 Å². The van der Waals surface area contributed by atoms with E-state index in [0.717, 1.165) is 0 Å². The predicted molar refractivity (Wildman–Crippen MR) is 107 cm³/mol. The largest absolute Gasteiger partial charge is 0.326 e. The fraction of sp³-hybridized carbons (Fsp3) is 0.263. The van der Waals surface area contributed by atoms with Crippen LogP contribution in [0.1, 0.15) is 19.8 Å². The number of carbonyl (C=O) groups excluding carboxylic acids is 2. The molecule has 28 heavy (non-hydrogen) atoms. The normalized spacial score (nSPS) is 16.2. The Bertz CT molecular complexity index is 1010. The van der Waals surface area contributed by atoms with Crippen molar-refractivity contribution in [3.05, 3.63) is 48.3 Å². The molecule has 1 aliphatic rings. The molecule has 0 bridgehead atoms. The summed E-state index contributed by atoms with van der Waals surface area (Å²) in [5, 5.41) is 5.06. The molecular weight excluding hydrogens is 403 g/mol. The van der Waals surface area contributed by atoms with Gasteiger partial charge in [0.15, 0.2) is 9.84 Å². The Morgan fingerprint density at radius 1 is 1.21 bits per heavy atom. The van der Waals surface area contributed by atoms with Gasteiger partial charge in [0.25, 0.3) is 0 Å². The summed E-state index contributed by atoms with van der Waals surface area (Å²) in [6.07, 6.45) is 0.411. The third kappa shape index (κ3) is 4.71. The minimum Gasteiger partial charge on any atom is -0.326 e. The number of rotatable bonds is 6. The Labute approximate surface area is 166 Å². The van der Waals surface area contributed by atoms with Gasteiger partial charge in [-0.2, -0.15) is 0 Å². The van der Waals surface area contributed by atoms with Crippen LogP contribution < -0.4 is 10.6 Å². The summed E-state index contributed by atoms with van der Waals surface area (Å²) in [6, 6.07) is 9.76. The molecule has 0 aromatic heterocycles. The van der Waals surface area contributed by atoms with Crippen LogP contribution in [-0.2, 0) is 19.4 Å². The van der Waals surface area contributed by atoms with Crippen molar-refractivity contribution >= 4 is 44.8 Å². The number of hydrogen-bond acceptors (Lipinski definition) is 5. The first-order valence-electron chi connectivity index (χ1n) is 8.68. The van der Waals surface area contributed by atoms with Gasteiger partial charge in [0.2, 0.25) is 11.8 Å². The average molecular weight is 423 g/mol. The highest BCUT2D eigenvalue weighted by molar-refractivity contribution is 8.01. The molecule has 0 fully saturated rings. The molecule has 2 aromatic rings. The summed E-state index contributed by atoms with van der Waals surface area (Å²) < 4.78 is 38.1. The minimum absolute atomic E-state index is 0.0897. The van der Waals surface area contributed by atoms with Gasteiger partial charge < -0.3 is 10.6 Å². The number of sulfone groups is 1. The molecular formula is C19H19FN2O4S2. The van der Waals surface area contributed by atoms with Crippen molar-refractivity contribution in [2.75, 3.05) is 16.4 Å². The van der Waals surface area contributed by atoms with E-state index in [9.17, 15) is 22.4 Å². The average Bonchev–Trinajstić information content (AvgIpc) is 2.67. The summed E-state index contributed by atoms with van der Waals surface area (Å²) in [6.45, 7) is 1.89. The van der Waals surface area contributed by atoms with Crippen molar-refractivity contribution in [1.29, 1.82) is 0 Å². The number of hydrogen-bond donors (Lipinski definition) is 2. The molecule has 1 aliphatic heterocycles. The van der Waals surface area contributed by atoms with Crippen LogP contribution in [0, 0.1) is 5.82 Å². The zero-order valence-corrected chi connectivity index (χ0v) is 16.7. The second-order valence-electron chi connectivity index (χ2n) is 6.29. The van der Waals surface area contributed by atoms with E-state index >= 15 is 0 Å². The van der Waals surface area contributed by atoms with E-state index in [1.165, 1.54) is 48.2 Å². The fourth-order valence-electron chi connectivity index (χ4n) is 2.69. The number of carbonyl (C=O) groups is 2. The molecule has 2 amide bonds. The van der Waals surface area contributed by atoms with Crippen LogP contribution in [0.25, 0.3) is 0 Å². The maximum absolute atomic E-state index is 12.9. The molecule has 2 N–H and O–H groups in total. The highest BCUT2D eigenvalue weighted by atomic mass is 32.2. The van der Waals surface area contributed by atoms with Gasteiger partial charge in [-0.25, -0.2) is 12.8 Å². The van der Waals surface area contributed by atoms with Gasteiger partial charge in [-0.1, -0.05) is 6.92 Å². The molecule has 9 heteroatoms. The Morgan fingerprint density at radius 2 is 1.93 bits per heavy atom. The highest BCUT2D eigenvalue weighted by Crippen LogP contribution is 2.38. The number of fused-ring (bicyclic) bond motifs is 1. The fourth-order valence-corrected chi connectivity index (χ4v) is 5.10. The standard InChI is InChI=1S/C19H19FN2O4S2/c1-2-16-19(24)22-15-8-7-14(11-17(15)27-16)28(25,26)10-9-18(23)21-13-5-3-12(20)4-6-13/h3-8,11,16H,2,9-10H2,1H3,(H,21,23)(H,22,24). The maximum Gasteiger partial charge on any atom is 0.237 e. The van der Waals surface area contributed by atoms with E-state index in [0.29, 0.717) is 22.7 Å². The summed E-state index contributed by atoms with van der Waals surface area (Å²) in [4.78, 5) is 24.7. The van der Waals surface area contributed by atoms with Crippen molar-refractivity contribution in [2.45, 2.75) is 34.8 Å². The van der Waals surface area contributed by atoms with Gasteiger partial charge in [0.1, 0.15) is 5.82 Å². The molecule has 0 radical (unpaired) electrons. The van der Waals surface area contributed by atoms with E-state index in [2.05, 4.69) is 10.6 Å². The SMILES string of the molecule is CCC1Sc2cc(S(=O)(=O)CCC(=O)Nc3ccc(F)cc3)ccc2NC1=O. The Kier molecular flexibility index (Phi) is 6.04. The molecule has 0 saturated heterocycles. The van der Waals surface area contributed by atoms with Gasteiger partial charge in [-0.15, -0.1) is 11.8 Å². The molecule has 0 aliphatic carbocycles. The van der Waals surface area contributed by atoms with Gasteiger partial charge in [0.05, 0.1) is 21.6 Å². The summed E-state index contributed by atoms with van der Waals surface area (Å²) in [5.74, 6) is -1.34. The molecule has 0 saturated carbocycles. The third-order valence-corrected chi connectivity index (χ3v) is 7.37. The molecule has 0 spiro atoms. The molecule has 1 heterocycles. The van der Waals surface area contributed by atoms with Crippen LogP contribution in [-0.4, -0.2) is 31.2 Å². The molecule has 6 nitrogen and oxygen atoms in total. The monoisotopic (exact) mass is 422 g/mol. The van der Waals surface area contributed by atoms with Gasteiger partial charge >= 0.3 is 0 Å². The lowest BCUT2D eigenvalue weighted by atomic mass is 10.2. The van der Waals surface area contributed by atoms with Crippen molar-refractivity contribution in [1.82, 2.24) is 0 Å². The lowest BCUT2D eigenvalue weighted by Gasteiger charge is -2.23. The predicted octanol–water partition coefficient (Wildman–Crippen LogP) is 3.45. The number of halogens is 1. The van der Waals surface area contributed by atoms with Crippen molar-refractivity contribution in [3.8, 4) is 0 Å². The first kappa shape index (κ1) is 20.3. The molecule has 1 atom stereocenters. The first-order chi connectivity index (χ1) is 13.3. The molecule has 3 rings (SSSR count). The highest BCUT2D eigenvalue weighted by Gasteiger charge is 2.27. The van der Waals surface area contributed by atoms with Gasteiger partial charge in [-0.05, 0) is 48.9 Å². The third-order valence-electron chi connectivity index (χ3n) is 4.23. The topological polar surface area (TPSA) is 92.3 Å². The van der Waals surface area contributed by atoms with Crippen LogP contribution in [0.15, 0.2) is 52.3 Å². The first-order valence-corrected chi connectivity index (χ1v) is 11.2. The zero-order chi connectivity index (χ0) is 20.3. The van der Waals surface area contributed by atoms with E-state index in [-0.39, 0.29) is 28.2 Å².